The number of nitrogens with zero attached hydrogens (tertiary/aromatic N) is 1. The van der Waals surface area contributed by atoms with Crippen LogP contribution in [0.25, 0.3) is 0 Å². The summed E-state index contributed by atoms with van der Waals surface area (Å²) in [4.78, 5) is 0. The van der Waals surface area contributed by atoms with Crippen LogP contribution in [0.1, 0.15) is 18.3 Å². The van der Waals surface area contributed by atoms with Gasteiger partial charge in [-0.3, -0.25) is 5.10 Å². The minimum absolute atomic E-state index is 0.193. The van der Waals surface area contributed by atoms with Crippen molar-refractivity contribution >= 4 is 19.7 Å². The number of nitrogens with one attached hydrogen (secondary N) is 1. The number of halogens is 1. The fourth-order valence-electron chi connectivity index (χ4n) is 0.850. The fraction of sp³-hybridized carbons (Fsp3) is 0.500. The molecule has 1 aromatic rings. The molecule has 0 saturated heterocycles. The second kappa shape index (κ2) is 3.45. The van der Waals surface area contributed by atoms with E-state index in [9.17, 15) is 8.42 Å². The highest BCUT2D eigenvalue weighted by atomic mass is 35.7. The van der Waals surface area contributed by atoms with Gasteiger partial charge in [0.15, 0.2) is 0 Å². The lowest BCUT2D eigenvalue weighted by molar-refractivity contribution is 0.608. The van der Waals surface area contributed by atoms with Crippen molar-refractivity contribution in [2.75, 3.05) is 0 Å². The van der Waals surface area contributed by atoms with E-state index in [1.807, 2.05) is 6.92 Å². The molecule has 1 rings (SSSR count). The highest BCUT2D eigenvalue weighted by molar-refractivity contribution is 8.13. The number of hydrogen-bond acceptors (Lipinski definition) is 3. The molecule has 1 aromatic heterocycles. The first-order valence-electron chi connectivity index (χ1n) is 3.47. The molecule has 1 heterocycles. The third kappa shape index (κ3) is 2.83. The summed E-state index contributed by atoms with van der Waals surface area (Å²) >= 11 is 0. The van der Waals surface area contributed by atoms with Crippen LogP contribution in [0, 0.1) is 0 Å². The Bertz CT molecular complexity index is 357. The van der Waals surface area contributed by atoms with Crippen molar-refractivity contribution in [2.24, 2.45) is 0 Å². The van der Waals surface area contributed by atoms with Crippen molar-refractivity contribution < 1.29 is 8.42 Å². The Morgan fingerprint density at radius 1 is 1.67 bits per heavy atom. The van der Waals surface area contributed by atoms with E-state index in [0.29, 0.717) is 5.69 Å². The van der Waals surface area contributed by atoms with E-state index in [1.54, 1.807) is 6.07 Å². The summed E-state index contributed by atoms with van der Waals surface area (Å²) in [5.74, 6) is -0.193. The van der Waals surface area contributed by atoms with Crippen LogP contribution in [-0.4, -0.2) is 18.6 Å². The van der Waals surface area contributed by atoms with Crippen LogP contribution in [0.2, 0.25) is 0 Å². The largest absolute Gasteiger partial charge is 0.281 e. The van der Waals surface area contributed by atoms with Gasteiger partial charge in [-0.05, 0) is 12.5 Å². The molecule has 0 aromatic carbocycles. The molecule has 0 aliphatic carbocycles. The Kier molecular flexibility index (Phi) is 2.74. The van der Waals surface area contributed by atoms with E-state index in [-0.39, 0.29) is 5.75 Å². The molecule has 4 nitrogen and oxygen atoms in total. The minimum atomic E-state index is -3.47. The Balaban J connectivity index is 2.78. The number of H-pyrrole nitrogens is 1. The summed E-state index contributed by atoms with van der Waals surface area (Å²) in [6.45, 7) is 1.94. The van der Waals surface area contributed by atoms with E-state index in [2.05, 4.69) is 10.2 Å². The molecule has 68 valence electrons. The quantitative estimate of drug-likeness (QED) is 0.755. The average Bonchev–Trinajstić information content (AvgIpc) is 2.32. The number of hydrogen-bond donors (Lipinski definition) is 1. The molecule has 0 spiro atoms. The van der Waals surface area contributed by atoms with E-state index in [4.69, 9.17) is 10.7 Å². The highest BCUT2D eigenvalue weighted by Gasteiger charge is 2.08. The molecule has 1 N–H and O–H groups in total. The number of aromatic amines is 1. The average molecular weight is 209 g/mol. The van der Waals surface area contributed by atoms with Crippen molar-refractivity contribution in [3.8, 4) is 0 Å². The van der Waals surface area contributed by atoms with Crippen LogP contribution in [0.3, 0.4) is 0 Å². The van der Waals surface area contributed by atoms with Gasteiger partial charge in [0.1, 0.15) is 5.75 Å². The summed E-state index contributed by atoms with van der Waals surface area (Å²) in [5, 5.41) is 6.47. The van der Waals surface area contributed by atoms with Gasteiger partial charge < -0.3 is 0 Å². The molecule has 0 unspecified atom stereocenters. The highest BCUT2D eigenvalue weighted by Crippen LogP contribution is 2.08. The second-order valence-corrected chi connectivity index (χ2v) is 5.20. The maximum Gasteiger partial charge on any atom is 0.238 e. The lowest BCUT2D eigenvalue weighted by atomic mass is 10.3. The van der Waals surface area contributed by atoms with Gasteiger partial charge >= 0.3 is 0 Å². The first-order valence-corrected chi connectivity index (χ1v) is 5.94. The van der Waals surface area contributed by atoms with Crippen molar-refractivity contribution in [1.29, 1.82) is 0 Å². The Morgan fingerprint density at radius 3 is 2.75 bits per heavy atom. The number of aromatic nitrogens is 2. The Labute approximate surface area is 75.4 Å². The van der Waals surface area contributed by atoms with E-state index < -0.39 is 9.05 Å². The molecule has 0 atom stereocenters. The summed E-state index contributed by atoms with van der Waals surface area (Å²) in [6.07, 6.45) is 0.777. The number of rotatable bonds is 3. The standard InChI is InChI=1S/C6H9ClN2O2S/c1-2-5-3-6(9-8-5)4-12(7,10)11/h3H,2,4H2,1H3,(H,8,9). The third-order valence-corrected chi connectivity index (χ3v) is 2.36. The maximum absolute atomic E-state index is 10.6. The van der Waals surface area contributed by atoms with Crippen molar-refractivity contribution in [2.45, 2.75) is 19.1 Å². The van der Waals surface area contributed by atoms with Gasteiger partial charge in [-0.2, -0.15) is 5.10 Å². The topological polar surface area (TPSA) is 62.8 Å². The van der Waals surface area contributed by atoms with Gasteiger partial charge in [0, 0.05) is 10.7 Å². The summed E-state index contributed by atoms with van der Waals surface area (Å²) < 4.78 is 21.2. The lowest BCUT2D eigenvalue weighted by Crippen LogP contribution is -1.94. The molecular weight excluding hydrogens is 200 g/mol. The predicted molar refractivity (Wildman–Crippen MR) is 46.4 cm³/mol. The van der Waals surface area contributed by atoms with E-state index in [0.717, 1.165) is 12.1 Å². The van der Waals surface area contributed by atoms with Crippen LogP contribution in [0.5, 0.6) is 0 Å². The predicted octanol–water partition coefficient (Wildman–Crippen LogP) is 1.04. The second-order valence-electron chi connectivity index (χ2n) is 2.42. The number of aryl methyl sites for hydroxylation is 1. The SMILES string of the molecule is CCc1cc(CS(=O)(=O)Cl)[nH]n1. The van der Waals surface area contributed by atoms with Gasteiger partial charge in [0.25, 0.3) is 0 Å². The van der Waals surface area contributed by atoms with Crippen molar-refractivity contribution in [3.05, 3.63) is 17.5 Å². The maximum atomic E-state index is 10.6. The molecule has 6 heteroatoms. The molecule has 0 amide bonds. The smallest absolute Gasteiger partial charge is 0.238 e. The first kappa shape index (κ1) is 9.54. The normalized spacial score (nSPS) is 11.8. The minimum Gasteiger partial charge on any atom is -0.281 e. The molecule has 0 aliphatic rings. The van der Waals surface area contributed by atoms with Crippen molar-refractivity contribution in [3.63, 3.8) is 0 Å². The fourth-order valence-corrected chi connectivity index (χ4v) is 1.72. The molecule has 0 aliphatic heterocycles. The van der Waals surface area contributed by atoms with Crippen LogP contribution in [-0.2, 0) is 21.2 Å². The van der Waals surface area contributed by atoms with Gasteiger partial charge in [-0.1, -0.05) is 6.92 Å². The molecule has 0 fully saturated rings. The third-order valence-electron chi connectivity index (χ3n) is 1.37. The summed E-state index contributed by atoms with van der Waals surface area (Å²) in [7, 11) is 1.57. The van der Waals surface area contributed by atoms with Gasteiger partial charge in [-0.25, -0.2) is 8.42 Å². The molecule has 0 bridgehead atoms. The van der Waals surface area contributed by atoms with Gasteiger partial charge in [0.2, 0.25) is 9.05 Å². The monoisotopic (exact) mass is 208 g/mol. The zero-order valence-corrected chi connectivity index (χ0v) is 8.11. The van der Waals surface area contributed by atoms with Crippen LogP contribution in [0.15, 0.2) is 6.07 Å². The van der Waals surface area contributed by atoms with Gasteiger partial charge in [0.05, 0.1) is 11.4 Å². The summed E-state index contributed by atoms with van der Waals surface area (Å²) in [5.41, 5.74) is 1.37. The lowest BCUT2D eigenvalue weighted by Gasteiger charge is -1.88. The van der Waals surface area contributed by atoms with Crippen molar-refractivity contribution in [1.82, 2.24) is 10.2 Å². The van der Waals surface area contributed by atoms with Crippen LogP contribution < -0.4 is 0 Å². The van der Waals surface area contributed by atoms with Gasteiger partial charge in [-0.15, -0.1) is 0 Å². The van der Waals surface area contributed by atoms with Crippen LogP contribution >= 0.6 is 10.7 Å². The Hall–Kier alpha value is -0.550. The summed E-state index contributed by atoms with van der Waals surface area (Å²) in [6, 6.07) is 1.69. The van der Waals surface area contributed by atoms with E-state index >= 15 is 0 Å². The molecule has 0 radical (unpaired) electrons. The molecule has 12 heavy (non-hydrogen) atoms. The molecule has 0 saturated carbocycles. The Morgan fingerprint density at radius 2 is 2.33 bits per heavy atom. The zero-order valence-electron chi connectivity index (χ0n) is 6.54. The van der Waals surface area contributed by atoms with E-state index in [1.165, 1.54) is 0 Å². The van der Waals surface area contributed by atoms with Crippen LogP contribution in [0.4, 0.5) is 0 Å². The molecular formula is C6H9ClN2O2S. The first-order chi connectivity index (χ1) is 5.51. The zero-order chi connectivity index (χ0) is 9.19.